The van der Waals surface area contributed by atoms with Gasteiger partial charge in [-0.15, -0.1) is 10.2 Å². The molecule has 0 saturated heterocycles. The molecule has 30 heavy (non-hydrogen) atoms. The average Bonchev–Trinajstić information content (AvgIpc) is 3.19. The number of hydrogen-bond acceptors (Lipinski definition) is 8. The fraction of sp³-hybridized carbons (Fsp3) is 0.0588. The molecule has 0 bridgehead atoms. The van der Waals surface area contributed by atoms with Gasteiger partial charge in [0.25, 0.3) is 20.3 Å². The molecule has 156 valence electrons. The summed E-state index contributed by atoms with van der Waals surface area (Å²) in [5.74, 6) is -1.16. The lowest BCUT2D eigenvalue weighted by Gasteiger charge is -2.08. The predicted octanol–water partition coefficient (Wildman–Crippen LogP) is 3.68. The van der Waals surface area contributed by atoms with E-state index in [0.717, 1.165) is 0 Å². The summed E-state index contributed by atoms with van der Waals surface area (Å²) in [4.78, 5) is 23.9. The van der Waals surface area contributed by atoms with E-state index in [1.807, 2.05) is 0 Å². The Balaban J connectivity index is 1.78. The van der Waals surface area contributed by atoms with Crippen LogP contribution in [0.1, 0.15) is 20.7 Å². The summed E-state index contributed by atoms with van der Waals surface area (Å²) in [7, 11) is -2.98. The van der Waals surface area contributed by atoms with Gasteiger partial charge in [-0.1, -0.05) is 34.5 Å². The van der Waals surface area contributed by atoms with Crippen LogP contribution in [0.4, 0.5) is 10.8 Å². The molecular weight excluding hydrogens is 475 g/mol. The molecule has 3 aromatic rings. The molecule has 0 unspecified atom stereocenters. The first-order valence-electron chi connectivity index (χ1n) is 8.01. The Labute approximate surface area is 185 Å². The molecule has 9 nitrogen and oxygen atoms in total. The second-order valence-electron chi connectivity index (χ2n) is 5.63. The van der Waals surface area contributed by atoms with Crippen molar-refractivity contribution in [3.63, 3.8) is 0 Å². The largest absolute Gasteiger partial charge is 0.465 e. The minimum atomic E-state index is -4.18. The van der Waals surface area contributed by atoms with Gasteiger partial charge in [-0.3, -0.25) is 14.8 Å². The van der Waals surface area contributed by atoms with Crippen molar-refractivity contribution in [3.8, 4) is 0 Å². The first kappa shape index (κ1) is 22.0. The maximum absolute atomic E-state index is 12.6. The minimum Gasteiger partial charge on any atom is -0.465 e. The minimum absolute atomic E-state index is 0.0234. The van der Waals surface area contributed by atoms with E-state index in [2.05, 4.69) is 25.0 Å². The first-order valence-corrected chi connectivity index (χ1v) is 11.1. The van der Waals surface area contributed by atoms with Gasteiger partial charge in [-0.25, -0.2) is 4.79 Å². The van der Waals surface area contributed by atoms with Gasteiger partial charge < -0.3 is 4.74 Å². The van der Waals surface area contributed by atoms with Crippen LogP contribution in [0.25, 0.3) is 0 Å². The highest BCUT2D eigenvalue weighted by atomic mass is 35.5. The van der Waals surface area contributed by atoms with Gasteiger partial charge in [0.15, 0.2) is 0 Å². The fourth-order valence-corrected chi connectivity index (χ4v) is 4.49. The van der Waals surface area contributed by atoms with Crippen molar-refractivity contribution in [2.75, 3.05) is 17.1 Å². The van der Waals surface area contributed by atoms with Crippen molar-refractivity contribution >= 4 is 67.3 Å². The number of carbonyl (C=O) groups excluding carboxylic acids is 2. The van der Waals surface area contributed by atoms with Gasteiger partial charge >= 0.3 is 5.97 Å². The number of methoxy groups -OCH3 is 1. The van der Waals surface area contributed by atoms with E-state index in [4.69, 9.17) is 23.2 Å². The number of anilines is 2. The standard InChI is InChI=1S/C17H12Cl2N4O5S2/c1-28-15(25)10-4-7-12(19)13(8-10)23-30(26,27)17-22-21-16(29-17)20-14(24)9-2-5-11(18)6-3-9/h2-8,23H,1H3,(H,20,21,24). The van der Waals surface area contributed by atoms with Crippen molar-refractivity contribution in [2.45, 2.75) is 4.34 Å². The number of carbonyl (C=O) groups is 2. The number of sulfonamides is 1. The van der Waals surface area contributed by atoms with E-state index >= 15 is 0 Å². The fourth-order valence-electron chi connectivity index (χ4n) is 2.18. The summed E-state index contributed by atoms with van der Waals surface area (Å²) in [6.45, 7) is 0. The Hall–Kier alpha value is -2.73. The highest BCUT2D eigenvalue weighted by Crippen LogP contribution is 2.28. The summed E-state index contributed by atoms with van der Waals surface area (Å²) >= 11 is 12.4. The Morgan fingerprint density at radius 1 is 1.03 bits per heavy atom. The number of nitrogens with zero attached hydrogens (tertiary/aromatic N) is 2. The van der Waals surface area contributed by atoms with Gasteiger partial charge in [0.2, 0.25) is 5.13 Å². The van der Waals surface area contributed by atoms with Crippen LogP contribution < -0.4 is 10.0 Å². The Bertz CT molecular complexity index is 1210. The molecular formula is C17H12Cl2N4O5S2. The number of halogens is 2. The van der Waals surface area contributed by atoms with E-state index in [-0.39, 0.29) is 21.4 Å². The summed E-state index contributed by atoms with van der Waals surface area (Å²) in [5, 5.41) is 10.2. The Kier molecular flexibility index (Phi) is 6.56. The van der Waals surface area contributed by atoms with Crippen molar-refractivity contribution in [1.82, 2.24) is 10.2 Å². The van der Waals surface area contributed by atoms with Gasteiger partial charge in [0.1, 0.15) is 0 Å². The maximum atomic E-state index is 12.6. The number of amides is 1. The molecule has 0 spiro atoms. The second-order valence-corrected chi connectivity index (χ2v) is 9.30. The number of benzene rings is 2. The molecule has 0 aliphatic rings. The van der Waals surface area contributed by atoms with Crippen LogP contribution >= 0.6 is 34.5 Å². The summed E-state index contributed by atoms with van der Waals surface area (Å²) < 4.78 is 31.6. The number of rotatable bonds is 6. The van der Waals surface area contributed by atoms with Gasteiger partial charge in [0, 0.05) is 10.6 Å². The second kappa shape index (κ2) is 8.96. The van der Waals surface area contributed by atoms with Gasteiger partial charge in [-0.2, -0.15) is 8.42 Å². The topological polar surface area (TPSA) is 127 Å². The summed E-state index contributed by atoms with van der Waals surface area (Å²) in [6.07, 6.45) is 0. The molecule has 3 rings (SSSR count). The van der Waals surface area contributed by atoms with Crippen LogP contribution in [0, 0.1) is 0 Å². The van der Waals surface area contributed by atoms with E-state index in [1.54, 1.807) is 12.1 Å². The molecule has 0 aliphatic carbocycles. The Morgan fingerprint density at radius 2 is 1.70 bits per heavy atom. The lowest BCUT2D eigenvalue weighted by atomic mass is 10.2. The number of aromatic nitrogens is 2. The molecule has 1 heterocycles. The van der Waals surface area contributed by atoms with Crippen LogP contribution in [0.5, 0.6) is 0 Å². The van der Waals surface area contributed by atoms with E-state index in [9.17, 15) is 18.0 Å². The highest BCUT2D eigenvalue weighted by molar-refractivity contribution is 7.94. The average molecular weight is 487 g/mol. The third-order valence-corrected chi connectivity index (χ3v) is 6.75. The lowest BCUT2D eigenvalue weighted by Crippen LogP contribution is -2.14. The molecule has 1 amide bonds. The summed E-state index contributed by atoms with van der Waals surface area (Å²) in [6, 6.07) is 10.1. The third kappa shape index (κ3) is 5.05. The number of nitrogens with one attached hydrogen (secondary N) is 2. The smallest absolute Gasteiger partial charge is 0.337 e. The van der Waals surface area contributed by atoms with E-state index in [0.29, 0.717) is 21.9 Å². The quantitative estimate of drug-likeness (QED) is 0.401. The molecule has 2 aromatic carbocycles. The van der Waals surface area contributed by atoms with E-state index in [1.165, 1.54) is 37.4 Å². The lowest BCUT2D eigenvalue weighted by molar-refractivity contribution is 0.0600. The van der Waals surface area contributed by atoms with Crippen LogP contribution in [0.15, 0.2) is 46.8 Å². The van der Waals surface area contributed by atoms with Crippen LogP contribution in [0.3, 0.4) is 0 Å². The number of esters is 1. The molecule has 13 heteroatoms. The highest BCUT2D eigenvalue weighted by Gasteiger charge is 2.23. The zero-order valence-electron chi connectivity index (χ0n) is 15.0. The third-order valence-electron chi connectivity index (χ3n) is 3.60. The molecule has 0 radical (unpaired) electrons. The number of ether oxygens (including phenoxy) is 1. The maximum Gasteiger partial charge on any atom is 0.337 e. The van der Waals surface area contributed by atoms with Gasteiger partial charge in [0.05, 0.1) is 23.4 Å². The van der Waals surface area contributed by atoms with Crippen LogP contribution in [-0.4, -0.2) is 37.6 Å². The van der Waals surface area contributed by atoms with Crippen molar-refractivity contribution in [3.05, 3.63) is 63.6 Å². The predicted molar refractivity (Wildman–Crippen MR) is 113 cm³/mol. The zero-order chi connectivity index (χ0) is 21.9. The van der Waals surface area contributed by atoms with Gasteiger partial charge in [-0.05, 0) is 42.5 Å². The van der Waals surface area contributed by atoms with Crippen molar-refractivity contribution < 1.29 is 22.7 Å². The molecule has 0 saturated carbocycles. The number of hydrogen-bond donors (Lipinski definition) is 2. The molecule has 0 atom stereocenters. The van der Waals surface area contributed by atoms with Crippen LogP contribution in [0.2, 0.25) is 10.0 Å². The van der Waals surface area contributed by atoms with Crippen molar-refractivity contribution in [2.24, 2.45) is 0 Å². The first-order chi connectivity index (χ1) is 14.2. The van der Waals surface area contributed by atoms with E-state index < -0.39 is 26.2 Å². The molecule has 0 aliphatic heterocycles. The summed E-state index contributed by atoms with van der Waals surface area (Å²) in [5.41, 5.74) is 0.373. The Morgan fingerprint density at radius 3 is 2.37 bits per heavy atom. The normalized spacial score (nSPS) is 11.0. The van der Waals surface area contributed by atoms with Crippen molar-refractivity contribution in [1.29, 1.82) is 0 Å². The zero-order valence-corrected chi connectivity index (χ0v) is 18.2. The van der Waals surface area contributed by atoms with Crippen LogP contribution in [-0.2, 0) is 14.8 Å². The molecule has 2 N–H and O–H groups in total. The molecule has 0 fully saturated rings. The molecule has 1 aromatic heterocycles. The SMILES string of the molecule is COC(=O)c1ccc(Cl)c(NS(=O)(=O)c2nnc(NC(=O)c3ccc(Cl)cc3)s2)c1. The monoisotopic (exact) mass is 486 g/mol.